The smallest absolute Gasteiger partial charge is 0.263 e. The van der Waals surface area contributed by atoms with Crippen LogP contribution in [0.3, 0.4) is 0 Å². The van der Waals surface area contributed by atoms with E-state index in [1.54, 1.807) is 48.1 Å². The SMILES string of the molecule is Cn1cccc(C(=O)NC(c2ccsc2)c2cccs2)c1=O. The number of thiophene rings is 2. The van der Waals surface area contributed by atoms with E-state index in [9.17, 15) is 9.59 Å². The number of hydrogen-bond donors (Lipinski definition) is 1. The van der Waals surface area contributed by atoms with Gasteiger partial charge in [0.15, 0.2) is 0 Å². The largest absolute Gasteiger partial charge is 0.340 e. The second-order valence-corrected chi connectivity index (χ2v) is 6.58. The van der Waals surface area contributed by atoms with Crippen molar-refractivity contribution in [3.63, 3.8) is 0 Å². The van der Waals surface area contributed by atoms with Crippen molar-refractivity contribution < 1.29 is 4.79 Å². The lowest BCUT2D eigenvalue weighted by Gasteiger charge is -2.16. The lowest BCUT2D eigenvalue weighted by atomic mass is 10.1. The van der Waals surface area contributed by atoms with Crippen LogP contribution < -0.4 is 10.9 Å². The maximum atomic E-state index is 12.5. The highest BCUT2D eigenvalue weighted by molar-refractivity contribution is 7.10. The summed E-state index contributed by atoms with van der Waals surface area (Å²) in [4.78, 5) is 25.6. The predicted molar refractivity (Wildman–Crippen MR) is 89.6 cm³/mol. The van der Waals surface area contributed by atoms with Crippen LogP contribution in [0.15, 0.2) is 57.5 Å². The quantitative estimate of drug-likeness (QED) is 0.799. The van der Waals surface area contributed by atoms with E-state index >= 15 is 0 Å². The molecule has 3 heterocycles. The molecule has 1 unspecified atom stereocenters. The monoisotopic (exact) mass is 330 g/mol. The fraction of sp³-hybridized carbons (Fsp3) is 0.125. The number of carbonyl (C=O) groups excluding carboxylic acids is 1. The van der Waals surface area contributed by atoms with E-state index in [-0.39, 0.29) is 23.1 Å². The molecule has 0 fully saturated rings. The zero-order chi connectivity index (χ0) is 15.5. The van der Waals surface area contributed by atoms with Crippen LogP contribution in [0.2, 0.25) is 0 Å². The molecule has 6 heteroatoms. The molecular formula is C16H14N2O2S2. The second-order valence-electron chi connectivity index (χ2n) is 4.82. The van der Waals surface area contributed by atoms with Gasteiger partial charge in [0.05, 0.1) is 6.04 Å². The average molecular weight is 330 g/mol. The van der Waals surface area contributed by atoms with Crippen molar-refractivity contribution >= 4 is 28.6 Å². The van der Waals surface area contributed by atoms with Crippen LogP contribution in [-0.4, -0.2) is 10.5 Å². The number of nitrogens with zero attached hydrogens (tertiary/aromatic N) is 1. The van der Waals surface area contributed by atoms with E-state index in [2.05, 4.69) is 5.32 Å². The number of hydrogen-bond acceptors (Lipinski definition) is 4. The molecule has 0 aliphatic rings. The third kappa shape index (κ3) is 2.88. The van der Waals surface area contributed by atoms with Crippen molar-refractivity contribution in [3.8, 4) is 0 Å². The Morgan fingerprint density at radius 3 is 2.77 bits per heavy atom. The van der Waals surface area contributed by atoms with Gasteiger partial charge in [0.1, 0.15) is 5.56 Å². The van der Waals surface area contributed by atoms with E-state index in [1.165, 1.54) is 4.57 Å². The number of aryl methyl sites for hydroxylation is 1. The van der Waals surface area contributed by atoms with Gasteiger partial charge in [-0.15, -0.1) is 11.3 Å². The van der Waals surface area contributed by atoms with Gasteiger partial charge in [0.2, 0.25) is 0 Å². The summed E-state index contributed by atoms with van der Waals surface area (Å²) in [7, 11) is 1.63. The van der Waals surface area contributed by atoms with Crippen LogP contribution in [0.4, 0.5) is 0 Å². The molecular weight excluding hydrogens is 316 g/mol. The van der Waals surface area contributed by atoms with Gasteiger partial charge in [-0.1, -0.05) is 6.07 Å². The van der Waals surface area contributed by atoms with E-state index in [4.69, 9.17) is 0 Å². The molecule has 0 aliphatic carbocycles. The Morgan fingerprint density at radius 1 is 1.23 bits per heavy atom. The molecule has 3 aromatic rings. The maximum absolute atomic E-state index is 12.5. The van der Waals surface area contributed by atoms with E-state index < -0.39 is 0 Å². The van der Waals surface area contributed by atoms with Crippen molar-refractivity contribution in [2.24, 2.45) is 7.05 Å². The Morgan fingerprint density at radius 2 is 2.09 bits per heavy atom. The first kappa shape index (κ1) is 14.7. The summed E-state index contributed by atoms with van der Waals surface area (Å²) in [5, 5.41) is 8.93. The van der Waals surface area contributed by atoms with Crippen LogP contribution in [0.5, 0.6) is 0 Å². The highest BCUT2D eigenvalue weighted by Crippen LogP contribution is 2.27. The second kappa shape index (κ2) is 6.29. The number of nitrogens with one attached hydrogen (secondary N) is 1. The molecule has 4 nitrogen and oxygen atoms in total. The van der Waals surface area contributed by atoms with Gasteiger partial charge in [-0.05, 0) is 46.0 Å². The lowest BCUT2D eigenvalue weighted by Crippen LogP contribution is -2.34. The Labute approximate surface area is 135 Å². The lowest BCUT2D eigenvalue weighted by molar-refractivity contribution is 0.0941. The Balaban J connectivity index is 1.93. The predicted octanol–water partition coefficient (Wildman–Crippen LogP) is 3.03. The summed E-state index contributed by atoms with van der Waals surface area (Å²) in [6.45, 7) is 0. The fourth-order valence-electron chi connectivity index (χ4n) is 2.19. The van der Waals surface area contributed by atoms with Gasteiger partial charge < -0.3 is 9.88 Å². The highest BCUT2D eigenvalue weighted by atomic mass is 32.1. The van der Waals surface area contributed by atoms with Crippen molar-refractivity contribution in [3.05, 3.63) is 79.0 Å². The Hall–Kier alpha value is -2.18. The van der Waals surface area contributed by atoms with Gasteiger partial charge in [-0.25, -0.2) is 0 Å². The van der Waals surface area contributed by atoms with Gasteiger partial charge in [-0.3, -0.25) is 9.59 Å². The molecule has 0 spiro atoms. The van der Waals surface area contributed by atoms with Crippen molar-refractivity contribution in [2.45, 2.75) is 6.04 Å². The fourth-order valence-corrected chi connectivity index (χ4v) is 3.68. The van der Waals surface area contributed by atoms with Crippen LogP contribution in [-0.2, 0) is 7.05 Å². The number of rotatable bonds is 4. The maximum Gasteiger partial charge on any atom is 0.263 e. The normalized spacial score (nSPS) is 12.0. The first-order valence-electron chi connectivity index (χ1n) is 6.69. The van der Waals surface area contributed by atoms with Crippen LogP contribution in [0, 0.1) is 0 Å². The molecule has 1 amide bonds. The van der Waals surface area contributed by atoms with E-state index in [1.807, 2.05) is 34.3 Å². The molecule has 0 aliphatic heterocycles. The summed E-state index contributed by atoms with van der Waals surface area (Å²) in [5.41, 5.74) is 0.880. The van der Waals surface area contributed by atoms with Crippen molar-refractivity contribution in [2.75, 3.05) is 0 Å². The molecule has 0 radical (unpaired) electrons. The standard InChI is InChI=1S/C16H14N2O2S2/c1-18-7-2-4-12(16(18)20)15(19)17-14(11-6-9-21-10-11)13-5-3-8-22-13/h2-10,14H,1H3,(H,17,19). The molecule has 0 aromatic carbocycles. The third-order valence-corrected chi connectivity index (χ3v) is 4.99. The summed E-state index contributed by atoms with van der Waals surface area (Å²) in [5.74, 6) is -0.356. The number of carbonyl (C=O) groups is 1. The van der Waals surface area contributed by atoms with Crippen LogP contribution in [0.25, 0.3) is 0 Å². The molecule has 1 atom stereocenters. The van der Waals surface area contributed by atoms with Gasteiger partial charge in [-0.2, -0.15) is 11.3 Å². The number of pyridine rings is 1. The first-order valence-corrected chi connectivity index (χ1v) is 8.51. The third-order valence-electron chi connectivity index (χ3n) is 3.35. The molecule has 0 saturated heterocycles. The minimum Gasteiger partial charge on any atom is -0.340 e. The summed E-state index contributed by atoms with van der Waals surface area (Å²) in [6.07, 6.45) is 1.63. The van der Waals surface area contributed by atoms with Gasteiger partial charge in [0, 0.05) is 18.1 Å². The zero-order valence-corrected chi connectivity index (χ0v) is 13.5. The molecule has 3 aromatic heterocycles. The minimum atomic E-state index is -0.356. The molecule has 22 heavy (non-hydrogen) atoms. The van der Waals surface area contributed by atoms with Crippen molar-refractivity contribution in [1.82, 2.24) is 9.88 Å². The zero-order valence-electron chi connectivity index (χ0n) is 11.9. The topological polar surface area (TPSA) is 51.1 Å². The number of aromatic nitrogens is 1. The molecule has 3 rings (SSSR count). The van der Waals surface area contributed by atoms with Gasteiger partial charge >= 0.3 is 0 Å². The van der Waals surface area contributed by atoms with Crippen molar-refractivity contribution in [1.29, 1.82) is 0 Å². The molecule has 112 valence electrons. The van der Waals surface area contributed by atoms with E-state index in [0.717, 1.165) is 10.4 Å². The average Bonchev–Trinajstić information content (AvgIpc) is 3.20. The van der Waals surface area contributed by atoms with E-state index in [0.29, 0.717) is 0 Å². The Kier molecular flexibility index (Phi) is 4.22. The molecule has 0 saturated carbocycles. The summed E-state index contributed by atoms with van der Waals surface area (Å²) < 4.78 is 1.40. The summed E-state index contributed by atoms with van der Waals surface area (Å²) >= 11 is 3.16. The van der Waals surface area contributed by atoms with Gasteiger partial charge in [0.25, 0.3) is 11.5 Å². The minimum absolute atomic E-state index is 0.154. The Bertz CT molecular complexity index is 786. The molecule has 1 N–H and O–H groups in total. The first-order chi connectivity index (χ1) is 10.7. The van der Waals surface area contributed by atoms with Crippen LogP contribution >= 0.6 is 22.7 Å². The highest BCUT2D eigenvalue weighted by Gasteiger charge is 2.20. The van der Waals surface area contributed by atoms with Crippen LogP contribution in [0.1, 0.15) is 26.8 Å². The summed E-state index contributed by atoms with van der Waals surface area (Å²) in [6, 6.07) is 8.93. The number of amides is 1. The molecule has 0 bridgehead atoms.